The summed E-state index contributed by atoms with van der Waals surface area (Å²) in [6.45, 7) is 2.92. The Morgan fingerprint density at radius 3 is 1.97 bits per heavy atom. The van der Waals surface area contributed by atoms with E-state index in [4.69, 9.17) is 4.18 Å². The van der Waals surface area contributed by atoms with Crippen molar-refractivity contribution in [1.29, 1.82) is 0 Å². The van der Waals surface area contributed by atoms with Crippen LogP contribution in [0.3, 0.4) is 0 Å². The Labute approximate surface area is 179 Å². The molecule has 7 heteroatoms. The molecule has 0 N–H and O–H groups in total. The Balaban J connectivity index is 2.06. The summed E-state index contributed by atoms with van der Waals surface area (Å²) >= 11 is 0. The lowest BCUT2D eigenvalue weighted by Gasteiger charge is -2.23. The van der Waals surface area contributed by atoms with Crippen LogP contribution in [0.15, 0.2) is 48.5 Å². The zero-order valence-electron chi connectivity index (χ0n) is 17.6. The van der Waals surface area contributed by atoms with Crippen LogP contribution in [0.1, 0.15) is 56.6 Å². The van der Waals surface area contributed by atoms with E-state index in [0.29, 0.717) is 19.5 Å². The van der Waals surface area contributed by atoms with Crippen molar-refractivity contribution < 1.29 is 21.8 Å². The molecule has 164 valence electrons. The smallest absolute Gasteiger partial charge is 0.306 e. The van der Waals surface area contributed by atoms with Crippen LogP contribution in [0.5, 0.6) is 5.75 Å². The molecule has 2 aromatic rings. The molecule has 0 heterocycles. The SMILES string of the molecule is CCCCCCCC(=O)N(Cc1ccc(F)cc1)Cc1ccc(OS(C)(=O)=O)cc1. The third-order valence-electron chi connectivity index (χ3n) is 4.68. The summed E-state index contributed by atoms with van der Waals surface area (Å²) in [5.41, 5.74) is 1.71. The highest BCUT2D eigenvalue weighted by Gasteiger charge is 2.15. The molecular weight excluding hydrogens is 405 g/mol. The number of carbonyl (C=O) groups is 1. The van der Waals surface area contributed by atoms with Gasteiger partial charge in [-0.2, -0.15) is 8.42 Å². The van der Waals surface area contributed by atoms with E-state index in [-0.39, 0.29) is 17.5 Å². The third kappa shape index (κ3) is 8.95. The minimum Gasteiger partial charge on any atom is -0.383 e. The van der Waals surface area contributed by atoms with E-state index in [1.54, 1.807) is 41.3 Å². The van der Waals surface area contributed by atoms with E-state index in [1.165, 1.54) is 18.6 Å². The lowest BCUT2D eigenvalue weighted by atomic mass is 10.1. The van der Waals surface area contributed by atoms with Gasteiger partial charge < -0.3 is 9.08 Å². The van der Waals surface area contributed by atoms with E-state index in [2.05, 4.69) is 6.92 Å². The van der Waals surface area contributed by atoms with Crippen molar-refractivity contribution in [2.75, 3.05) is 6.26 Å². The van der Waals surface area contributed by atoms with E-state index in [1.807, 2.05) is 0 Å². The molecule has 0 radical (unpaired) electrons. The highest BCUT2D eigenvalue weighted by atomic mass is 32.2. The summed E-state index contributed by atoms with van der Waals surface area (Å²) in [6.07, 6.45) is 6.80. The van der Waals surface area contributed by atoms with Gasteiger partial charge in [-0.1, -0.05) is 56.9 Å². The third-order valence-corrected chi connectivity index (χ3v) is 5.17. The van der Waals surface area contributed by atoms with Gasteiger partial charge in [-0.05, 0) is 41.8 Å². The number of amides is 1. The van der Waals surface area contributed by atoms with Crippen molar-refractivity contribution in [2.24, 2.45) is 0 Å². The minimum atomic E-state index is -3.58. The molecule has 30 heavy (non-hydrogen) atoms. The van der Waals surface area contributed by atoms with Crippen LogP contribution in [0, 0.1) is 5.82 Å². The van der Waals surface area contributed by atoms with Gasteiger partial charge in [0.05, 0.1) is 6.26 Å². The molecule has 2 aromatic carbocycles. The number of carbonyl (C=O) groups excluding carboxylic acids is 1. The molecule has 2 rings (SSSR count). The van der Waals surface area contributed by atoms with Crippen molar-refractivity contribution in [3.63, 3.8) is 0 Å². The number of hydrogen-bond acceptors (Lipinski definition) is 4. The summed E-state index contributed by atoms with van der Waals surface area (Å²) in [7, 11) is -3.58. The molecule has 5 nitrogen and oxygen atoms in total. The first-order valence-corrected chi connectivity index (χ1v) is 12.1. The second-order valence-corrected chi connectivity index (χ2v) is 9.05. The van der Waals surface area contributed by atoms with Crippen LogP contribution >= 0.6 is 0 Å². The number of nitrogens with zero attached hydrogens (tertiary/aromatic N) is 1. The van der Waals surface area contributed by atoms with Crippen LogP contribution in [-0.2, 0) is 28.0 Å². The van der Waals surface area contributed by atoms with Gasteiger partial charge >= 0.3 is 10.1 Å². The van der Waals surface area contributed by atoms with Crippen molar-refractivity contribution >= 4 is 16.0 Å². The van der Waals surface area contributed by atoms with Gasteiger partial charge in [0.2, 0.25) is 5.91 Å². The first-order valence-electron chi connectivity index (χ1n) is 10.3. The van der Waals surface area contributed by atoms with E-state index >= 15 is 0 Å². The van der Waals surface area contributed by atoms with Gasteiger partial charge in [-0.15, -0.1) is 0 Å². The Kier molecular flexibility index (Phi) is 9.30. The summed E-state index contributed by atoms with van der Waals surface area (Å²) in [6, 6.07) is 12.8. The Hall–Kier alpha value is -2.41. The molecule has 0 atom stereocenters. The standard InChI is InChI=1S/C23H30FNO4S/c1-3-4-5-6-7-8-23(26)25(17-19-9-13-21(24)14-10-19)18-20-11-15-22(16-12-20)29-30(2,27)28/h9-16H,3-8,17-18H2,1-2H3. The molecule has 0 aliphatic rings. The predicted molar refractivity (Wildman–Crippen MR) is 116 cm³/mol. The number of rotatable bonds is 12. The lowest BCUT2D eigenvalue weighted by molar-refractivity contribution is -0.132. The zero-order chi connectivity index (χ0) is 22.0. The van der Waals surface area contributed by atoms with Crippen LogP contribution < -0.4 is 4.18 Å². The summed E-state index contributed by atoms with van der Waals surface area (Å²) < 4.78 is 40.6. The number of halogens is 1. The highest BCUT2D eigenvalue weighted by molar-refractivity contribution is 7.86. The van der Waals surface area contributed by atoms with Crippen LogP contribution in [0.4, 0.5) is 4.39 Å². The molecule has 0 saturated heterocycles. The number of unbranched alkanes of at least 4 members (excludes halogenated alkanes) is 4. The van der Waals surface area contributed by atoms with Gasteiger partial charge in [0.15, 0.2) is 0 Å². The molecular formula is C23H30FNO4S. The van der Waals surface area contributed by atoms with Crippen molar-refractivity contribution in [1.82, 2.24) is 4.90 Å². The van der Waals surface area contributed by atoms with E-state index in [0.717, 1.165) is 43.1 Å². The topological polar surface area (TPSA) is 63.7 Å². The molecule has 0 aromatic heterocycles. The van der Waals surface area contributed by atoms with Crippen LogP contribution in [0.2, 0.25) is 0 Å². The van der Waals surface area contributed by atoms with E-state index in [9.17, 15) is 17.6 Å². The first kappa shape index (κ1) is 23.9. The van der Waals surface area contributed by atoms with Crippen LogP contribution in [-0.4, -0.2) is 25.5 Å². The number of benzene rings is 2. The molecule has 0 fully saturated rings. The van der Waals surface area contributed by atoms with Crippen molar-refractivity contribution in [3.05, 3.63) is 65.5 Å². The maximum atomic E-state index is 13.2. The highest BCUT2D eigenvalue weighted by Crippen LogP contribution is 2.18. The molecule has 0 bridgehead atoms. The lowest BCUT2D eigenvalue weighted by Crippen LogP contribution is -2.30. The average molecular weight is 436 g/mol. The Morgan fingerprint density at radius 2 is 1.43 bits per heavy atom. The first-order chi connectivity index (χ1) is 14.3. The van der Waals surface area contributed by atoms with Crippen molar-refractivity contribution in [2.45, 2.75) is 58.5 Å². The second kappa shape index (κ2) is 11.7. The quantitative estimate of drug-likeness (QED) is 0.346. The molecule has 1 amide bonds. The zero-order valence-corrected chi connectivity index (χ0v) is 18.5. The maximum Gasteiger partial charge on any atom is 0.306 e. The summed E-state index contributed by atoms with van der Waals surface area (Å²) in [5, 5.41) is 0. The molecule has 0 aliphatic carbocycles. The van der Waals surface area contributed by atoms with Crippen LogP contribution in [0.25, 0.3) is 0 Å². The normalized spacial score (nSPS) is 11.3. The van der Waals surface area contributed by atoms with Gasteiger partial charge in [-0.25, -0.2) is 4.39 Å². The van der Waals surface area contributed by atoms with Gasteiger partial charge in [0, 0.05) is 19.5 Å². The largest absolute Gasteiger partial charge is 0.383 e. The second-order valence-electron chi connectivity index (χ2n) is 7.47. The minimum absolute atomic E-state index is 0.0484. The van der Waals surface area contributed by atoms with Gasteiger partial charge in [-0.3, -0.25) is 4.79 Å². The molecule has 0 aliphatic heterocycles. The van der Waals surface area contributed by atoms with Gasteiger partial charge in [0.1, 0.15) is 11.6 Å². The predicted octanol–water partition coefficient (Wildman–Crippen LogP) is 5.05. The van der Waals surface area contributed by atoms with Gasteiger partial charge in [0.25, 0.3) is 0 Å². The fourth-order valence-corrected chi connectivity index (χ4v) is 3.59. The monoisotopic (exact) mass is 435 g/mol. The molecule has 0 spiro atoms. The Bertz CT molecular complexity index is 896. The average Bonchev–Trinajstić information content (AvgIpc) is 2.69. The fourth-order valence-electron chi connectivity index (χ4n) is 3.13. The summed E-state index contributed by atoms with van der Waals surface area (Å²) in [5.74, 6) is -0.0325. The molecule has 0 saturated carbocycles. The summed E-state index contributed by atoms with van der Waals surface area (Å²) in [4.78, 5) is 14.6. The van der Waals surface area contributed by atoms with E-state index < -0.39 is 10.1 Å². The molecule has 0 unspecified atom stereocenters. The number of hydrogen-bond donors (Lipinski definition) is 0. The van der Waals surface area contributed by atoms with Crippen molar-refractivity contribution in [3.8, 4) is 5.75 Å². The Morgan fingerprint density at radius 1 is 0.900 bits per heavy atom. The fraction of sp³-hybridized carbons (Fsp3) is 0.435. The maximum absolute atomic E-state index is 13.2.